The van der Waals surface area contributed by atoms with E-state index < -0.39 is 5.60 Å². The van der Waals surface area contributed by atoms with Gasteiger partial charge in [-0.15, -0.1) is 0 Å². The fraction of sp³-hybridized carbons (Fsp3) is 0.625. The van der Waals surface area contributed by atoms with Gasteiger partial charge in [0, 0.05) is 0 Å². The molecule has 1 unspecified atom stereocenters. The van der Waals surface area contributed by atoms with Crippen molar-refractivity contribution in [2.24, 2.45) is 5.92 Å². The average Bonchev–Trinajstić information content (AvgIpc) is 3.25. The Labute approximate surface area is 115 Å². The quantitative estimate of drug-likeness (QED) is 0.819. The van der Waals surface area contributed by atoms with Crippen molar-refractivity contribution in [3.63, 3.8) is 0 Å². The van der Waals surface area contributed by atoms with E-state index in [1.54, 1.807) is 0 Å². The van der Waals surface area contributed by atoms with E-state index >= 15 is 0 Å². The first-order valence-electron chi connectivity index (χ1n) is 7.28. The summed E-state index contributed by atoms with van der Waals surface area (Å²) in [7, 11) is 0. The highest BCUT2D eigenvalue weighted by atomic mass is 16.5. The minimum atomic E-state index is -0.712. The zero-order valence-electron chi connectivity index (χ0n) is 12.1. The van der Waals surface area contributed by atoms with E-state index in [2.05, 4.69) is 0 Å². The van der Waals surface area contributed by atoms with Gasteiger partial charge in [-0.05, 0) is 56.7 Å². The van der Waals surface area contributed by atoms with Crippen molar-refractivity contribution in [3.05, 3.63) is 23.8 Å². The number of hydrogen-bond acceptors (Lipinski definition) is 3. The van der Waals surface area contributed by atoms with E-state index in [0.29, 0.717) is 19.1 Å². The molecule has 0 aliphatic heterocycles. The van der Waals surface area contributed by atoms with Crippen LogP contribution in [0.1, 0.15) is 45.6 Å². The lowest BCUT2D eigenvalue weighted by molar-refractivity contribution is 0.00862. The van der Waals surface area contributed by atoms with Crippen LogP contribution in [0, 0.1) is 5.92 Å². The Morgan fingerprint density at radius 3 is 2.26 bits per heavy atom. The maximum atomic E-state index is 10.8. The SMILES string of the molecule is CCOc1ccc(C(O)(CC)C2CC2)cc1OCC. The van der Waals surface area contributed by atoms with Gasteiger partial charge in [-0.2, -0.15) is 0 Å². The zero-order chi connectivity index (χ0) is 13.9. The molecule has 0 spiro atoms. The molecule has 1 aliphatic carbocycles. The zero-order valence-corrected chi connectivity index (χ0v) is 12.1. The third kappa shape index (κ3) is 2.86. The monoisotopic (exact) mass is 264 g/mol. The summed E-state index contributed by atoms with van der Waals surface area (Å²) in [6.45, 7) is 7.15. The van der Waals surface area contributed by atoms with Crippen molar-refractivity contribution in [1.29, 1.82) is 0 Å². The van der Waals surface area contributed by atoms with Crippen LogP contribution >= 0.6 is 0 Å². The Bertz CT molecular complexity index is 426. The molecule has 1 aliphatic rings. The molecule has 0 bridgehead atoms. The first-order chi connectivity index (χ1) is 9.15. The van der Waals surface area contributed by atoms with Crippen LogP contribution in [0.5, 0.6) is 11.5 Å². The molecule has 0 saturated heterocycles. The molecule has 1 N–H and O–H groups in total. The molecule has 0 aromatic heterocycles. The van der Waals surface area contributed by atoms with Gasteiger partial charge in [0.1, 0.15) is 0 Å². The molecule has 1 fully saturated rings. The van der Waals surface area contributed by atoms with Gasteiger partial charge in [0.15, 0.2) is 11.5 Å². The molecule has 3 heteroatoms. The Hall–Kier alpha value is -1.22. The predicted octanol–water partition coefficient (Wildman–Crippen LogP) is 3.49. The summed E-state index contributed by atoms with van der Waals surface area (Å²) in [5, 5.41) is 10.8. The molecule has 2 rings (SSSR count). The number of hydrogen-bond donors (Lipinski definition) is 1. The molecule has 1 saturated carbocycles. The van der Waals surface area contributed by atoms with Gasteiger partial charge in [-0.25, -0.2) is 0 Å². The Morgan fingerprint density at radius 2 is 1.74 bits per heavy atom. The smallest absolute Gasteiger partial charge is 0.161 e. The molecule has 1 aromatic carbocycles. The van der Waals surface area contributed by atoms with Crippen molar-refractivity contribution in [2.75, 3.05) is 13.2 Å². The first-order valence-corrected chi connectivity index (χ1v) is 7.28. The molecule has 1 atom stereocenters. The van der Waals surface area contributed by atoms with Crippen LogP contribution < -0.4 is 9.47 Å². The predicted molar refractivity (Wildman–Crippen MR) is 75.7 cm³/mol. The van der Waals surface area contributed by atoms with Gasteiger partial charge in [0.2, 0.25) is 0 Å². The Balaban J connectivity index is 2.33. The molecule has 0 amide bonds. The van der Waals surface area contributed by atoms with E-state index in [1.807, 2.05) is 39.0 Å². The van der Waals surface area contributed by atoms with E-state index in [1.165, 1.54) is 0 Å². The summed E-state index contributed by atoms with van der Waals surface area (Å²) in [6, 6.07) is 5.82. The largest absolute Gasteiger partial charge is 0.490 e. The van der Waals surface area contributed by atoms with Gasteiger partial charge >= 0.3 is 0 Å². The highest BCUT2D eigenvalue weighted by Gasteiger charge is 2.43. The van der Waals surface area contributed by atoms with Gasteiger partial charge < -0.3 is 14.6 Å². The molecule has 19 heavy (non-hydrogen) atoms. The van der Waals surface area contributed by atoms with Crippen LogP contribution in [0.15, 0.2) is 18.2 Å². The van der Waals surface area contributed by atoms with E-state index in [-0.39, 0.29) is 0 Å². The van der Waals surface area contributed by atoms with Gasteiger partial charge in [-0.3, -0.25) is 0 Å². The minimum Gasteiger partial charge on any atom is -0.490 e. The molecule has 106 valence electrons. The van der Waals surface area contributed by atoms with Crippen LogP contribution in [0.3, 0.4) is 0 Å². The molecule has 0 heterocycles. The van der Waals surface area contributed by atoms with Gasteiger partial charge in [0.25, 0.3) is 0 Å². The fourth-order valence-corrected chi connectivity index (χ4v) is 2.61. The molecular weight excluding hydrogens is 240 g/mol. The van der Waals surface area contributed by atoms with Crippen molar-refractivity contribution < 1.29 is 14.6 Å². The lowest BCUT2D eigenvalue weighted by Gasteiger charge is -2.28. The van der Waals surface area contributed by atoms with Crippen LogP contribution in [-0.4, -0.2) is 18.3 Å². The minimum absolute atomic E-state index is 0.393. The lowest BCUT2D eigenvalue weighted by Crippen LogP contribution is -2.27. The molecule has 1 aromatic rings. The summed E-state index contributed by atoms with van der Waals surface area (Å²) in [4.78, 5) is 0. The maximum absolute atomic E-state index is 10.8. The summed E-state index contributed by atoms with van der Waals surface area (Å²) in [5.74, 6) is 1.88. The topological polar surface area (TPSA) is 38.7 Å². The maximum Gasteiger partial charge on any atom is 0.161 e. The number of ether oxygens (including phenoxy) is 2. The summed E-state index contributed by atoms with van der Waals surface area (Å²) in [6.07, 6.45) is 2.96. The summed E-state index contributed by atoms with van der Waals surface area (Å²) < 4.78 is 11.2. The van der Waals surface area contributed by atoms with Crippen molar-refractivity contribution >= 4 is 0 Å². The summed E-state index contributed by atoms with van der Waals surface area (Å²) in [5.41, 5.74) is 0.237. The van der Waals surface area contributed by atoms with Crippen molar-refractivity contribution in [1.82, 2.24) is 0 Å². The van der Waals surface area contributed by atoms with E-state index in [0.717, 1.165) is 36.3 Å². The number of aliphatic hydroxyl groups is 1. The molecule has 0 radical (unpaired) electrons. The second kappa shape index (κ2) is 5.83. The van der Waals surface area contributed by atoms with Crippen LogP contribution in [0.2, 0.25) is 0 Å². The molecular formula is C16H24O3. The van der Waals surface area contributed by atoms with Crippen molar-refractivity contribution in [2.45, 2.75) is 45.6 Å². The van der Waals surface area contributed by atoms with E-state index in [4.69, 9.17) is 9.47 Å². The van der Waals surface area contributed by atoms with E-state index in [9.17, 15) is 5.11 Å². The number of benzene rings is 1. The third-order valence-electron chi connectivity index (χ3n) is 3.84. The number of rotatable bonds is 7. The van der Waals surface area contributed by atoms with Crippen LogP contribution in [0.4, 0.5) is 0 Å². The fourth-order valence-electron chi connectivity index (χ4n) is 2.61. The highest BCUT2D eigenvalue weighted by Crippen LogP contribution is 2.48. The Morgan fingerprint density at radius 1 is 1.11 bits per heavy atom. The lowest BCUT2D eigenvalue weighted by atomic mass is 9.86. The summed E-state index contributed by atoms with van der Waals surface area (Å²) >= 11 is 0. The van der Waals surface area contributed by atoms with Crippen molar-refractivity contribution in [3.8, 4) is 11.5 Å². The standard InChI is InChI=1S/C16H24O3/c1-4-16(17,12-7-8-12)13-9-10-14(18-5-2)15(11-13)19-6-3/h9-12,17H,4-8H2,1-3H3. The normalized spacial score (nSPS) is 17.9. The Kier molecular flexibility index (Phi) is 4.35. The van der Waals surface area contributed by atoms with Crippen LogP contribution in [0.25, 0.3) is 0 Å². The second-order valence-electron chi connectivity index (χ2n) is 5.08. The average molecular weight is 264 g/mol. The van der Waals surface area contributed by atoms with Gasteiger partial charge in [-0.1, -0.05) is 13.0 Å². The van der Waals surface area contributed by atoms with Gasteiger partial charge in [0.05, 0.1) is 18.8 Å². The first kappa shape index (κ1) is 14.2. The molecule has 3 nitrogen and oxygen atoms in total. The second-order valence-corrected chi connectivity index (χ2v) is 5.08. The van der Waals surface area contributed by atoms with Crippen LogP contribution in [-0.2, 0) is 5.60 Å². The highest BCUT2D eigenvalue weighted by molar-refractivity contribution is 5.45. The third-order valence-corrected chi connectivity index (χ3v) is 3.84.